The Morgan fingerprint density at radius 1 is 1.37 bits per heavy atom. The topological polar surface area (TPSA) is 15.3 Å². The Bertz CT molecular complexity index is 418. The van der Waals surface area contributed by atoms with Gasteiger partial charge in [0.2, 0.25) is 0 Å². The molecule has 1 unspecified atom stereocenters. The molecule has 19 heavy (non-hydrogen) atoms. The molecule has 1 aliphatic carbocycles. The van der Waals surface area contributed by atoms with Crippen molar-refractivity contribution in [2.45, 2.75) is 44.2 Å². The quantitative estimate of drug-likeness (QED) is 0.848. The molecule has 1 aliphatic heterocycles. The van der Waals surface area contributed by atoms with Gasteiger partial charge in [-0.3, -0.25) is 4.90 Å². The van der Waals surface area contributed by atoms with Crippen LogP contribution in [0.1, 0.15) is 42.2 Å². The third-order valence-corrected chi connectivity index (χ3v) is 5.46. The van der Waals surface area contributed by atoms with Gasteiger partial charge in [0, 0.05) is 23.5 Å². The monoisotopic (exact) mass is 276 g/mol. The maximum atomic E-state index is 3.92. The average Bonchev–Trinajstić information content (AvgIpc) is 2.91. The number of hydrogen-bond acceptors (Lipinski definition) is 3. The Hall–Kier alpha value is -0.640. The SMILES string of the molecule is C=CCN1CCC(NC2CCCc3sccc32)CC1. The highest BCUT2D eigenvalue weighted by molar-refractivity contribution is 7.10. The average molecular weight is 276 g/mol. The number of likely N-dealkylation sites (tertiary alicyclic amines) is 1. The molecule has 1 saturated heterocycles. The second kappa shape index (κ2) is 6.21. The molecule has 0 radical (unpaired) electrons. The van der Waals surface area contributed by atoms with Crippen molar-refractivity contribution in [3.8, 4) is 0 Å². The number of fused-ring (bicyclic) bond motifs is 1. The van der Waals surface area contributed by atoms with Gasteiger partial charge in [-0.2, -0.15) is 0 Å². The lowest BCUT2D eigenvalue weighted by Gasteiger charge is -2.35. The molecule has 0 saturated carbocycles. The van der Waals surface area contributed by atoms with Crippen LogP contribution in [0.4, 0.5) is 0 Å². The van der Waals surface area contributed by atoms with Gasteiger partial charge in [-0.25, -0.2) is 0 Å². The molecule has 3 rings (SSSR count). The van der Waals surface area contributed by atoms with Crippen molar-refractivity contribution < 1.29 is 0 Å². The van der Waals surface area contributed by atoms with Crippen molar-refractivity contribution in [3.63, 3.8) is 0 Å². The summed E-state index contributed by atoms with van der Waals surface area (Å²) in [6.45, 7) is 7.31. The molecule has 1 atom stereocenters. The van der Waals surface area contributed by atoms with Gasteiger partial charge in [0.05, 0.1) is 0 Å². The Balaban J connectivity index is 1.55. The molecule has 1 N–H and O–H groups in total. The van der Waals surface area contributed by atoms with Crippen LogP contribution in [0, 0.1) is 0 Å². The molecule has 1 aromatic heterocycles. The van der Waals surface area contributed by atoms with E-state index in [1.165, 1.54) is 45.2 Å². The number of thiophene rings is 1. The van der Waals surface area contributed by atoms with E-state index in [2.05, 4.69) is 28.2 Å². The number of rotatable bonds is 4. The Morgan fingerprint density at radius 2 is 2.21 bits per heavy atom. The molecular weight excluding hydrogens is 252 g/mol. The fourth-order valence-electron chi connectivity index (χ4n) is 3.41. The molecule has 0 spiro atoms. The number of nitrogens with one attached hydrogen (secondary N) is 1. The normalized spacial score (nSPS) is 25.2. The van der Waals surface area contributed by atoms with E-state index in [9.17, 15) is 0 Å². The van der Waals surface area contributed by atoms with Crippen molar-refractivity contribution in [2.75, 3.05) is 19.6 Å². The molecule has 2 aliphatic rings. The smallest absolute Gasteiger partial charge is 0.0333 e. The lowest BCUT2D eigenvalue weighted by Crippen LogP contribution is -2.44. The summed E-state index contributed by atoms with van der Waals surface area (Å²) >= 11 is 1.94. The summed E-state index contributed by atoms with van der Waals surface area (Å²) in [5.74, 6) is 0. The zero-order valence-electron chi connectivity index (χ0n) is 11.6. The zero-order valence-corrected chi connectivity index (χ0v) is 12.4. The van der Waals surface area contributed by atoms with Crippen LogP contribution in [-0.4, -0.2) is 30.6 Å². The molecular formula is C16H24N2S. The third-order valence-electron chi connectivity index (χ3n) is 4.46. The number of nitrogens with zero attached hydrogens (tertiary/aromatic N) is 1. The molecule has 3 heteroatoms. The summed E-state index contributed by atoms with van der Waals surface area (Å²) in [7, 11) is 0. The van der Waals surface area contributed by atoms with Gasteiger partial charge in [-0.05, 0) is 62.2 Å². The number of piperidine rings is 1. The van der Waals surface area contributed by atoms with Gasteiger partial charge >= 0.3 is 0 Å². The fraction of sp³-hybridized carbons (Fsp3) is 0.625. The van der Waals surface area contributed by atoms with E-state index in [0.717, 1.165) is 6.54 Å². The third kappa shape index (κ3) is 3.10. The summed E-state index contributed by atoms with van der Waals surface area (Å²) < 4.78 is 0. The van der Waals surface area contributed by atoms with Crippen LogP contribution in [0.3, 0.4) is 0 Å². The van der Waals surface area contributed by atoms with Gasteiger partial charge in [0.1, 0.15) is 0 Å². The summed E-state index contributed by atoms with van der Waals surface area (Å²) in [6, 6.07) is 3.66. The van der Waals surface area contributed by atoms with Crippen molar-refractivity contribution in [3.05, 3.63) is 34.5 Å². The Morgan fingerprint density at radius 3 is 3.00 bits per heavy atom. The van der Waals surface area contributed by atoms with Gasteiger partial charge in [-0.1, -0.05) is 6.08 Å². The minimum absolute atomic E-state index is 0.617. The van der Waals surface area contributed by atoms with Crippen LogP contribution in [0.5, 0.6) is 0 Å². The maximum Gasteiger partial charge on any atom is 0.0333 e. The van der Waals surface area contributed by atoms with E-state index in [0.29, 0.717) is 12.1 Å². The lowest BCUT2D eigenvalue weighted by molar-refractivity contribution is 0.204. The molecule has 0 aromatic carbocycles. The van der Waals surface area contributed by atoms with Crippen LogP contribution in [0.2, 0.25) is 0 Å². The molecule has 104 valence electrons. The van der Waals surface area contributed by atoms with E-state index in [1.807, 2.05) is 17.4 Å². The standard InChI is InChI=1S/C16H24N2S/c1-2-9-18-10-6-13(7-11-18)17-15-4-3-5-16-14(15)8-12-19-16/h2,8,12-13,15,17H,1,3-7,9-11H2. The van der Waals surface area contributed by atoms with Crippen LogP contribution >= 0.6 is 11.3 Å². The largest absolute Gasteiger partial charge is 0.307 e. The first-order valence-electron chi connectivity index (χ1n) is 7.52. The predicted octanol–water partition coefficient (Wildman–Crippen LogP) is 3.37. The van der Waals surface area contributed by atoms with Gasteiger partial charge in [0.15, 0.2) is 0 Å². The molecule has 0 bridgehead atoms. The molecule has 1 aromatic rings. The van der Waals surface area contributed by atoms with Crippen molar-refractivity contribution in [1.29, 1.82) is 0 Å². The second-order valence-electron chi connectivity index (χ2n) is 5.77. The first kappa shape index (κ1) is 13.3. The highest BCUT2D eigenvalue weighted by Gasteiger charge is 2.25. The van der Waals surface area contributed by atoms with E-state index in [4.69, 9.17) is 0 Å². The highest BCUT2D eigenvalue weighted by Crippen LogP contribution is 2.34. The van der Waals surface area contributed by atoms with Crippen molar-refractivity contribution >= 4 is 11.3 Å². The summed E-state index contributed by atoms with van der Waals surface area (Å²) in [4.78, 5) is 4.12. The van der Waals surface area contributed by atoms with Crippen molar-refractivity contribution in [1.82, 2.24) is 10.2 Å². The van der Waals surface area contributed by atoms with Crippen molar-refractivity contribution in [2.24, 2.45) is 0 Å². The number of aryl methyl sites for hydroxylation is 1. The summed E-state index contributed by atoms with van der Waals surface area (Å²) in [5, 5.41) is 6.18. The Kier molecular flexibility index (Phi) is 4.36. The van der Waals surface area contributed by atoms with Crippen LogP contribution in [-0.2, 0) is 6.42 Å². The van der Waals surface area contributed by atoms with Gasteiger partial charge in [-0.15, -0.1) is 17.9 Å². The maximum absolute atomic E-state index is 3.92. The Labute approximate surface area is 120 Å². The molecule has 2 nitrogen and oxygen atoms in total. The van der Waals surface area contributed by atoms with Gasteiger partial charge in [0.25, 0.3) is 0 Å². The highest BCUT2D eigenvalue weighted by atomic mass is 32.1. The van der Waals surface area contributed by atoms with E-state index < -0.39 is 0 Å². The first-order chi connectivity index (χ1) is 9.36. The molecule has 1 fully saturated rings. The van der Waals surface area contributed by atoms with E-state index in [1.54, 1.807) is 10.4 Å². The molecule has 2 heterocycles. The van der Waals surface area contributed by atoms with Gasteiger partial charge < -0.3 is 5.32 Å². The predicted molar refractivity (Wildman–Crippen MR) is 82.8 cm³/mol. The lowest BCUT2D eigenvalue weighted by atomic mass is 9.92. The summed E-state index contributed by atoms with van der Waals surface area (Å²) in [5.41, 5.74) is 1.59. The first-order valence-corrected chi connectivity index (χ1v) is 8.40. The minimum atomic E-state index is 0.617. The molecule has 0 amide bonds. The second-order valence-corrected chi connectivity index (χ2v) is 6.77. The number of hydrogen-bond donors (Lipinski definition) is 1. The summed E-state index contributed by atoms with van der Waals surface area (Å²) in [6.07, 6.45) is 8.54. The minimum Gasteiger partial charge on any atom is -0.307 e. The van der Waals surface area contributed by atoms with E-state index >= 15 is 0 Å². The van der Waals surface area contributed by atoms with Crippen LogP contribution in [0.15, 0.2) is 24.1 Å². The fourth-order valence-corrected chi connectivity index (χ4v) is 4.40. The van der Waals surface area contributed by atoms with Crippen LogP contribution < -0.4 is 5.32 Å². The van der Waals surface area contributed by atoms with Crippen LogP contribution in [0.25, 0.3) is 0 Å². The van der Waals surface area contributed by atoms with E-state index in [-0.39, 0.29) is 0 Å². The zero-order chi connectivity index (χ0) is 13.1.